The molecule has 4 amide bonds. The molecule has 2 heterocycles. The standard InChI is InChI=1S/C34H50N6O5/c1-8-9-16-26(32(43)45-7)37-30(41)27(18-24-23-15-10-11-17-25(23)36-29(24)20-35)38-31(42)28(19-34(4,5)6)39-33(44)40-21(2)13-12-14-22(40)3/h10-11,15,17,21-22,26-28,36H,8-9,12-14,16,18-19H2,1-7H3,(H,37,41)(H,38,42)(H,39,44)/t21-,22+,26-,27-,28+/m1/s1. The van der Waals surface area contributed by atoms with Crippen molar-refractivity contribution >= 4 is 34.7 Å². The van der Waals surface area contributed by atoms with Gasteiger partial charge in [-0.1, -0.05) is 58.7 Å². The summed E-state index contributed by atoms with van der Waals surface area (Å²) in [5.41, 5.74) is 1.26. The van der Waals surface area contributed by atoms with Crippen LogP contribution in [0.3, 0.4) is 0 Å². The lowest BCUT2D eigenvalue weighted by molar-refractivity contribution is -0.145. The number of likely N-dealkylation sites (tertiary alicyclic amines) is 1. The highest BCUT2D eigenvalue weighted by Gasteiger charge is 2.36. The first-order valence-electron chi connectivity index (χ1n) is 16.1. The number of aromatic amines is 1. The lowest BCUT2D eigenvalue weighted by Gasteiger charge is -2.40. The van der Waals surface area contributed by atoms with E-state index in [2.05, 4.69) is 27.0 Å². The number of hydrogen-bond donors (Lipinski definition) is 4. The Bertz CT molecular complexity index is 1380. The Morgan fingerprint density at radius 1 is 1.02 bits per heavy atom. The minimum atomic E-state index is -1.15. The number of benzene rings is 1. The topological polar surface area (TPSA) is 156 Å². The number of methoxy groups -OCH3 is 1. The third-order valence-corrected chi connectivity index (χ3v) is 8.47. The Morgan fingerprint density at radius 3 is 2.24 bits per heavy atom. The van der Waals surface area contributed by atoms with E-state index < -0.39 is 35.9 Å². The van der Waals surface area contributed by atoms with Gasteiger partial charge >= 0.3 is 12.0 Å². The zero-order chi connectivity index (χ0) is 33.3. The van der Waals surface area contributed by atoms with Gasteiger partial charge in [0.15, 0.2) is 0 Å². The van der Waals surface area contributed by atoms with E-state index in [1.54, 1.807) is 4.90 Å². The van der Waals surface area contributed by atoms with Gasteiger partial charge < -0.3 is 30.6 Å². The Kier molecular flexibility index (Phi) is 12.4. The van der Waals surface area contributed by atoms with Crippen molar-refractivity contribution in [2.45, 2.75) is 123 Å². The first-order valence-corrected chi connectivity index (χ1v) is 16.1. The molecule has 4 N–H and O–H groups in total. The van der Waals surface area contributed by atoms with Crippen molar-refractivity contribution in [2.24, 2.45) is 5.41 Å². The van der Waals surface area contributed by atoms with Crippen LogP contribution in [0.15, 0.2) is 24.3 Å². The molecular weight excluding hydrogens is 572 g/mol. The number of ether oxygens (including phenoxy) is 1. The van der Waals surface area contributed by atoms with E-state index in [4.69, 9.17) is 4.74 Å². The fraction of sp³-hybridized carbons (Fsp3) is 0.618. The highest BCUT2D eigenvalue weighted by molar-refractivity contribution is 5.94. The zero-order valence-electron chi connectivity index (χ0n) is 27.8. The van der Waals surface area contributed by atoms with Crippen molar-refractivity contribution in [1.82, 2.24) is 25.8 Å². The van der Waals surface area contributed by atoms with Crippen molar-refractivity contribution in [3.8, 4) is 6.07 Å². The molecule has 1 fully saturated rings. The van der Waals surface area contributed by atoms with Gasteiger partial charge in [-0.15, -0.1) is 0 Å². The second kappa shape index (κ2) is 15.8. The van der Waals surface area contributed by atoms with Crippen LogP contribution in [0.5, 0.6) is 0 Å². The Morgan fingerprint density at radius 2 is 1.64 bits per heavy atom. The summed E-state index contributed by atoms with van der Waals surface area (Å²) in [6, 6.07) is 6.32. The number of aromatic nitrogens is 1. The average molecular weight is 623 g/mol. The maximum Gasteiger partial charge on any atom is 0.328 e. The number of para-hydroxylation sites is 1. The molecule has 1 aliphatic heterocycles. The number of nitriles is 1. The van der Waals surface area contributed by atoms with E-state index in [9.17, 15) is 24.4 Å². The molecule has 0 bridgehead atoms. The molecule has 0 aliphatic carbocycles. The molecule has 1 aliphatic rings. The SMILES string of the molecule is CCCC[C@@H](NC(=O)[C@@H](Cc1c(C#N)[nH]c2ccccc12)NC(=O)[C@H](CC(C)(C)C)NC(=O)N1[C@H](C)CCC[C@@H]1C)C(=O)OC. The molecule has 0 saturated carbocycles. The van der Waals surface area contributed by atoms with Crippen molar-refractivity contribution in [3.63, 3.8) is 0 Å². The Balaban J connectivity index is 1.96. The predicted octanol–water partition coefficient (Wildman–Crippen LogP) is 4.69. The number of rotatable bonds is 12. The van der Waals surface area contributed by atoms with Crippen molar-refractivity contribution in [3.05, 3.63) is 35.5 Å². The molecule has 3 rings (SSSR count). The van der Waals surface area contributed by atoms with E-state index >= 15 is 0 Å². The van der Waals surface area contributed by atoms with E-state index in [0.29, 0.717) is 24.8 Å². The molecule has 11 nitrogen and oxygen atoms in total. The van der Waals surface area contributed by atoms with Crippen LogP contribution >= 0.6 is 0 Å². The number of carbonyl (C=O) groups is 4. The number of nitrogens with one attached hydrogen (secondary N) is 4. The summed E-state index contributed by atoms with van der Waals surface area (Å²) in [4.78, 5) is 58.9. The van der Waals surface area contributed by atoms with E-state index in [0.717, 1.165) is 36.6 Å². The number of hydrogen-bond acceptors (Lipinski definition) is 6. The average Bonchev–Trinajstić information content (AvgIpc) is 3.34. The highest BCUT2D eigenvalue weighted by Crippen LogP contribution is 2.26. The largest absolute Gasteiger partial charge is 0.467 e. The van der Waals surface area contributed by atoms with Crippen LogP contribution in [0.1, 0.15) is 97.7 Å². The quantitative estimate of drug-likeness (QED) is 0.252. The normalized spacial score (nSPS) is 18.8. The summed E-state index contributed by atoms with van der Waals surface area (Å²) in [7, 11) is 1.27. The molecule has 1 saturated heterocycles. The lowest BCUT2D eigenvalue weighted by atomic mass is 9.87. The minimum Gasteiger partial charge on any atom is -0.467 e. The van der Waals surface area contributed by atoms with Gasteiger partial charge in [-0.05, 0) is 63.0 Å². The zero-order valence-corrected chi connectivity index (χ0v) is 27.8. The summed E-state index contributed by atoms with van der Waals surface area (Å²) in [6.45, 7) is 12.0. The summed E-state index contributed by atoms with van der Waals surface area (Å²) < 4.78 is 4.94. The summed E-state index contributed by atoms with van der Waals surface area (Å²) in [6.07, 6.45) is 5.01. The van der Waals surface area contributed by atoms with Crippen LogP contribution in [0, 0.1) is 16.7 Å². The van der Waals surface area contributed by atoms with Crippen molar-refractivity contribution < 1.29 is 23.9 Å². The van der Waals surface area contributed by atoms with E-state index in [1.165, 1.54) is 7.11 Å². The number of H-pyrrole nitrogens is 1. The Labute approximate surface area is 266 Å². The number of urea groups is 1. The van der Waals surface area contributed by atoms with Crippen molar-refractivity contribution in [1.29, 1.82) is 5.26 Å². The van der Waals surface area contributed by atoms with Crippen molar-refractivity contribution in [2.75, 3.05) is 7.11 Å². The summed E-state index contributed by atoms with van der Waals surface area (Å²) in [5.74, 6) is -1.67. The fourth-order valence-electron chi connectivity index (χ4n) is 6.13. The molecule has 45 heavy (non-hydrogen) atoms. The van der Waals surface area contributed by atoms with Gasteiger partial charge in [0.2, 0.25) is 11.8 Å². The van der Waals surface area contributed by atoms with Crippen LogP contribution in [-0.2, 0) is 25.5 Å². The van der Waals surface area contributed by atoms with Gasteiger partial charge in [0.1, 0.15) is 29.9 Å². The fourth-order valence-corrected chi connectivity index (χ4v) is 6.13. The molecule has 246 valence electrons. The van der Waals surface area contributed by atoms with Crippen LogP contribution < -0.4 is 16.0 Å². The van der Waals surface area contributed by atoms with Gasteiger partial charge in [-0.2, -0.15) is 5.26 Å². The third-order valence-electron chi connectivity index (χ3n) is 8.47. The molecule has 1 aromatic heterocycles. The van der Waals surface area contributed by atoms with Gasteiger partial charge in [0.25, 0.3) is 0 Å². The van der Waals surface area contributed by atoms with Gasteiger partial charge in [0, 0.05) is 29.4 Å². The van der Waals surface area contributed by atoms with E-state index in [-0.39, 0.29) is 35.6 Å². The number of esters is 1. The molecule has 5 atom stereocenters. The van der Waals surface area contributed by atoms with Crippen LogP contribution in [0.4, 0.5) is 4.79 Å². The molecule has 0 radical (unpaired) electrons. The predicted molar refractivity (Wildman–Crippen MR) is 173 cm³/mol. The van der Waals surface area contributed by atoms with Crippen LogP contribution in [0.2, 0.25) is 0 Å². The minimum absolute atomic E-state index is 0.0114. The number of fused-ring (bicyclic) bond motifs is 1. The molecule has 0 spiro atoms. The Hall–Kier alpha value is -4.07. The van der Waals surface area contributed by atoms with Gasteiger partial charge in [0.05, 0.1) is 7.11 Å². The smallest absolute Gasteiger partial charge is 0.328 e. The maximum absolute atomic E-state index is 14.0. The second-order valence-electron chi connectivity index (χ2n) is 13.4. The molecular formula is C34H50N6O5. The summed E-state index contributed by atoms with van der Waals surface area (Å²) in [5, 5.41) is 19.3. The number of nitrogens with zero attached hydrogens (tertiary/aromatic N) is 2. The van der Waals surface area contributed by atoms with Crippen LogP contribution in [-0.4, -0.2) is 71.0 Å². The third kappa shape index (κ3) is 9.46. The number of amides is 4. The lowest BCUT2D eigenvalue weighted by Crippen LogP contribution is -2.60. The molecule has 2 aromatic rings. The molecule has 0 unspecified atom stereocenters. The number of piperidine rings is 1. The van der Waals surface area contributed by atoms with Gasteiger partial charge in [-0.25, -0.2) is 9.59 Å². The monoisotopic (exact) mass is 622 g/mol. The highest BCUT2D eigenvalue weighted by atomic mass is 16.5. The van der Waals surface area contributed by atoms with Gasteiger partial charge in [-0.3, -0.25) is 9.59 Å². The number of carbonyl (C=O) groups excluding carboxylic acids is 4. The molecule has 11 heteroatoms. The second-order valence-corrected chi connectivity index (χ2v) is 13.4. The first kappa shape index (κ1) is 35.4. The van der Waals surface area contributed by atoms with E-state index in [1.807, 2.05) is 65.8 Å². The first-order chi connectivity index (χ1) is 21.3. The molecule has 1 aromatic carbocycles. The summed E-state index contributed by atoms with van der Waals surface area (Å²) >= 11 is 0. The maximum atomic E-state index is 14.0. The van der Waals surface area contributed by atoms with Crippen LogP contribution in [0.25, 0.3) is 10.9 Å². The number of unbranched alkanes of at least 4 members (excludes halogenated alkanes) is 1.